The highest BCUT2D eigenvalue weighted by Crippen LogP contribution is 2.30. The predicted molar refractivity (Wildman–Crippen MR) is 56.4 cm³/mol. The van der Waals surface area contributed by atoms with Crippen LogP contribution in [-0.4, -0.2) is 15.3 Å². The van der Waals surface area contributed by atoms with Gasteiger partial charge in [-0.3, -0.25) is 0 Å². The smallest absolute Gasteiger partial charge is 0.178 e. The Kier molecular flexibility index (Phi) is 3.30. The average Bonchev–Trinajstić information content (AvgIpc) is 2.74. The number of hydrogen-bond acceptors (Lipinski definition) is 5. The zero-order chi connectivity index (χ0) is 10.7. The van der Waals surface area contributed by atoms with Gasteiger partial charge in [-0.05, 0) is 17.7 Å². The van der Waals surface area contributed by atoms with E-state index in [1.54, 1.807) is 17.6 Å². The van der Waals surface area contributed by atoms with E-state index in [1.165, 1.54) is 29.2 Å². The predicted octanol–water partition coefficient (Wildman–Crippen LogP) is 2.32. The highest BCUT2D eigenvalue weighted by molar-refractivity contribution is 8.01. The molecule has 6 heteroatoms. The van der Waals surface area contributed by atoms with E-state index in [0.717, 1.165) is 0 Å². The molecular formula is C9H7FN2OS2. The maximum absolute atomic E-state index is 13.5. The molecule has 0 radical (unpaired) electrons. The Morgan fingerprint density at radius 2 is 2.33 bits per heavy atom. The lowest BCUT2D eigenvalue weighted by Gasteiger charge is -2.01. The number of hydrogen-bond donors (Lipinski definition) is 1. The van der Waals surface area contributed by atoms with Gasteiger partial charge in [0.1, 0.15) is 11.3 Å². The quantitative estimate of drug-likeness (QED) is 0.897. The lowest BCUT2D eigenvalue weighted by molar-refractivity contribution is 0.281. The Balaban J connectivity index is 2.22. The summed E-state index contributed by atoms with van der Waals surface area (Å²) in [4.78, 5) is 0.490. The second kappa shape index (κ2) is 4.69. The van der Waals surface area contributed by atoms with Crippen molar-refractivity contribution in [2.75, 3.05) is 0 Å². The summed E-state index contributed by atoms with van der Waals surface area (Å²) in [6, 6.07) is 4.64. The Morgan fingerprint density at radius 3 is 2.93 bits per heavy atom. The van der Waals surface area contributed by atoms with Gasteiger partial charge in [0.05, 0.1) is 11.5 Å². The topological polar surface area (TPSA) is 46.0 Å². The van der Waals surface area contributed by atoms with Crippen molar-refractivity contribution in [3.8, 4) is 0 Å². The number of aromatic nitrogens is 2. The van der Waals surface area contributed by atoms with Crippen LogP contribution in [0, 0.1) is 5.82 Å². The lowest BCUT2D eigenvalue weighted by Crippen LogP contribution is -1.87. The summed E-state index contributed by atoms with van der Waals surface area (Å²) in [6.45, 7) is -0.152. The Morgan fingerprint density at radius 1 is 1.47 bits per heavy atom. The molecule has 0 saturated carbocycles. The van der Waals surface area contributed by atoms with Gasteiger partial charge in [0.15, 0.2) is 4.34 Å². The Hall–Kier alpha value is -0.980. The van der Waals surface area contributed by atoms with Gasteiger partial charge < -0.3 is 5.11 Å². The summed E-state index contributed by atoms with van der Waals surface area (Å²) >= 11 is 2.59. The van der Waals surface area contributed by atoms with Gasteiger partial charge >= 0.3 is 0 Å². The maximum atomic E-state index is 13.5. The first-order chi connectivity index (χ1) is 7.29. The minimum Gasteiger partial charge on any atom is -0.392 e. The largest absolute Gasteiger partial charge is 0.392 e. The molecule has 0 bridgehead atoms. The molecule has 0 aliphatic heterocycles. The zero-order valence-electron chi connectivity index (χ0n) is 7.55. The highest BCUT2D eigenvalue weighted by atomic mass is 32.2. The van der Waals surface area contributed by atoms with E-state index >= 15 is 0 Å². The lowest BCUT2D eigenvalue weighted by atomic mass is 10.2. The van der Waals surface area contributed by atoms with Crippen LogP contribution in [0.5, 0.6) is 0 Å². The first kappa shape index (κ1) is 10.5. The number of rotatable bonds is 3. The van der Waals surface area contributed by atoms with E-state index in [2.05, 4.69) is 10.2 Å². The fourth-order valence-corrected chi connectivity index (χ4v) is 2.47. The second-order valence-corrected chi connectivity index (χ2v) is 4.85. The van der Waals surface area contributed by atoms with E-state index < -0.39 is 0 Å². The summed E-state index contributed by atoms with van der Waals surface area (Å²) in [7, 11) is 0. The minimum absolute atomic E-state index is 0.152. The van der Waals surface area contributed by atoms with Gasteiger partial charge in [0.25, 0.3) is 0 Å². The van der Waals surface area contributed by atoms with Gasteiger partial charge in [-0.15, -0.1) is 10.2 Å². The van der Waals surface area contributed by atoms with Crippen molar-refractivity contribution in [1.82, 2.24) is 10.2 Å². The Bertz CT molecular complexity index is 447. The fraction of sp³-hybridized carbons (Fsp3) is 0.111. The van der Waals surface area contributed by atoms with Crippen molar-refractivity contribution >= 4 is 23.1 Å². The molecule has 0 aliphatic rings. The molecule has 2 rings (SSSR count). The second-order valence-electron chi connectivity index (χ2n) is 2.73. The molecule has 1 aromatic carbocycles. The maximum Gasteiger partial charge on any atom is 0.178 e. The molecule has 0 aliphatic carbocycles. The molecule has 1 heterocycles. The summed E-state index contributed by atoms with van der Waals surface area (Å²) in [5.41, 5.74) is 2.16. The van der Waals surface area contributed by atoms with Crippen LogP contribution >= 0.6 is 23.1 Å². The van der Waals surface area contributed by atoms with Gasteiger partial charge in [-0.2, -0.15) is 0 Å². The van der Waals surface area contributed by atoms with Crippen molar-refractivity contribution in [2.24, 2.45) is 0 Å². The summed E-state index contributed by atoms with van der Waals surface area (Å²) in [5, 5.41) is 16.3. The monoisotopic (exact) mass is 242 g/mol. The van der Waals surface area contributed by atoms with Crippen molar-refractivity contribution in [2.45, 2.75) is 15.8 Å². The van der Waals surface area contributed by atoms with Crippen LogP contribution < -0.4 is 0 Å². The van der Waals surface area contributed by atoms with Crippen molar-refractivity contribution < 1.29 is 9.50 Å². The van der Waals surface area contributed by atoms with Gasteiger partial charge in [-0.25, -0.2) is 4.39 Å². The van der Waals surface area contributed by atoms with Crippen LogP contribution in [0.25, 0.3) is 0 Å². The summed E-state index contributed by atoms with van der Waals surface area (Å²) in [6.07, 6.45) is 0. The third-order valence-corrected chi connectivity index (χ3v) is 3.55. The van der Waals surface area contributed by atoms with Crippen LogP contribution in [0.3, 0.4) is 0 Å². The summed E-state index contributed by atoms with van der Waals surface area (Å²) < 4.78 is 14.2. The Labute approximate surface area is 94.0 Å². The number of nitrogens with zero attached hydrogens (tertiary/aromatic N) is 2. The fourth-order valence-electron chi connectivity index (χ4n) is 1.03. The molecule has 3 nitrogen and oxygen atoms in total. The SMILES string of the molecule is OCc1ccc(Sc2nncs2)c(F)c1. The van der Waals surface area contributed by atoms with Crippen LogP contribution in [0.15, 0.2) is 32.9 Å². The molecule has 0 atom stereocenters. The molecule has 78 valence electrons. The average molecular weight is 242 g/mol. The molecule has 15 heavy (non-hydrogen) atoms. The van der Waals surface area contributed by atoms with E-state index in [-0.39, 0.29) is 12.4 Å². The highest BCUT2D eigenvalue weighted by Gasteiger charge is 2.07. The van der Waals surface area contributed by atoms with Gasteiger partial charge in [0.2, 0.25) is 0 Å². The van der Waals surface area contributed by atoms with E-state index in [9.17, 15) is 4.39 Å². The van der Waals surface area contributed by atoms with Crippen LogP contribution in [-0.2, 0) is 6.61 Å². The zero-order valence-corrected chi connectivity index (χ0v) is 9.19. The molecule has 0 spiro atoms. The minimum atomic E-state index is -0.346. The van der Waals surface area contributed by atoms with Gasteiger partial charge in [0, 0.05) is 0 Å². The molecule has 0 amide bonds. The number of aliphatic hydroxyl groups is 1. The third-order valence-electron chi connectivity index (χ3n) is 1.72. The molecule has 2 aromatic rings. The van der Waals surface area contributed by atoms with Crippen LogP contribution in [0.4, 0.5) is 4.39 Å². The van der Waals surface area contributed by atoms with E-state index in [1.807, 2.05) is 0 Å². The summed E-state index contributed by atoms with van der Waals surface area (Å²) in [5.74, 6) is -0.346. The van der Waals surface area contributed by atoms with Crippen LogP contribution in [0.2, 0.25) is 0 Å². The molecule has 1 aromatic heterocycles. The normalized spacial score (nSPS) is 10.5. The van der Waals surface area contributed by atoms with Crippen LogP contribution in [0.1, 0.15) is 5.56 Å². The number of halogens is 1. The number of aliphatic hydroxyl groups excluding tert-OH is 1. The first-order valence-corrected chi connectivity index (χ1v) is 5.82. The number of benzene rings is 1. The molecule has 0 unspecified atom stereocenters. The molecule has 0 saturated heterocycles. The first-order valence-electron chi connectivity index (χ1n) is 4.13. The standard InChI is InChI=1S/C9H7FN2OS2/c10-7-3-6(4-13)1-2-8(7)15-9-12-11-5-14-9/h1-3,5,13H,4H2. The van der Waals surface area contributed by atoms with Crippen molar-refractivity contribution in [1.29, 1.82) is 0 Å². The van der Waals surface area contributed by atoms with Gasteiger partial charge in [-0.1, -0.05) is 29.2 Å². The van der Waals surface area contributed by atoms with E-state index in [0.29, 0.717) is 14.8 Å². The molecule has 1 N–H and O–H groups in total. The molecule has 0 fully saturated rings. The molecular weight excluding hydrogens is 235 g/mol. The van der Waals surface area contributed by atoms with Crippen molar-refractivity contribution in [3.05, 3.63) is 35.1 Å². The van der Waals surface area contributed by atoms with Crippen molar-refractivity contribution in [3.63, 3.8) is 0 Å². The third kappa shape index (κ3) is 2.53. The van der Waals surface area contributed by atoms with E-state index in [4.69, 9.17) is 5.11 Å².